The third-order valence-corrected chi connectivity index (χ3v) is 3.66. The summed E-state index contributed by atoms with van der Waals surface area (Å²) in [4.78, 5) is 13.9. The topological polar surface area (TPSA) is 49.8 Å². The van der Waals surface area contributed by atoms with E-state index in [4.69, 9.17) is 4.74 Å². The van der Waals surface area contributed by atoms with Gasteiger partial charge in [-0.3, -0.25) is 4.79 Å². The second-order valence-corrected chi connectivity index (χ2v) is 4.95. The Labute approximate surface area is 114 Å². The number of rotatable bonds is 4. The molecule has 0 aliphatic carbocycles. The van der Waals surface area contributed by atoms with Gasteiger partial charge in [0.05, 0.1) is 19.8 Å². The van der Waals surface area contributed by atoms with Crippen LogP contribution in [0.2, 0.25) is 0 Å². The third-order valence-electron chi connectivity index (χ3n) is 3.66. The largest absolute Gasteiger partial charge is 0.497 e. The van der Waals surface area contributed by atoms with Gasteiger partial charge in [-0.2, -0.15) is 0 Å². The molecule has 1 aliphatic rings. The summed E-state index contributed by atoms with van der Waals surface area (Å²) in [6, 6.07) is 7.67. The Morgan fingerprint density at radius 2 is 2.05 bits per heavy atom. The van der Waals surface area contributed by atoms with Crippen molar-refractivity contribution in [3.8, 4) is 5.75 Å². The molecular formula is C15H21NO3. The van der Waals surface area contributed by atoms with Crippen LogP contribution in [-0.2, 0) is 11.3 Å². The van der Waals surface area contributed by atoms with E-state index in [-0.39, 0.29) is 18.6 Å². The van der Waals surface area contributed by atoms with Crippen LogP contribution in [0.25, 0.3) is 0 Å². The molecule has 0 radical (unpaired) electrons. The molecule has 1 saturated heterocycles. The van der Waals surface area contributed by atoms with Crippen LogP contribution in [0.15, 0.2) is 24.3 Å². The highest BCUT2D eigenvalue weighted by Gasteiger charge is 2.25. The quantitative estimate of drug-likeness (QED) is 0.903. The Kier molecular flexibility index (Phi) is 4.80. The highest BCUT2D eigenvalue weighted by atomic mass is 16.5. The molecule has 0 aromatic heterocycles. The number of hydrogen-bond donors (Lipinski definition) is 1. The summed E-state index contributed by atoms with van der Waals surface area (Å²) >= 11 is 0. The van der Waals surface area contributed by atoms with Crippen LogP contribution in [0.1, 0.15) is 31.2 Å². The minimum absolute atomic E-state index is 0.0435. The van der Waals surface area contributed by atoms with Gasteiger partial charge in [0, 0.05) is 13.0 Å². The molecule has 0 unspecified atom stereocenters. The van der Waals surface area contributed by atoms with Crippen molar-refractivity contribution in [3.05, 3.63) is 29.8 Å². The minimum atomic E-state index is -0.0444. The smallest absolute Gasteiger partial charge is 0.223 e. The molecule has 1 heterocycles. The Morgan fingerprint density at radius 1 is 1.32 bits per heavy atom. The van der Waals surface area contributed by atoms with Crippen LogP contribution in [0.3, 0.4) is 0 Å². The van der Waals surface area contributed by atoms with E-state index in [1.165, 1.54) is 0 Å². The Morgan fingerprint density at radius 3 is 2.68 bits per heavy atom. The van der Waals surface area contributed by atoms with E-state index in [1.54, 1.807) is 7.11 Å². The van der Waals surface area contributed by atoms with Crippen LogP contribution in [0.4, 0.5) is 0 Å². The lowest BCUT2D eigenvalue weighted by molar-refractivity contribution is -0.134. The number of amides is 1. The van der Waals surface area contributed by atoms with Crippen LogP contribution < -0.4 is 4.74 Å². The lowest BCUT2D eigenvalue weighted by atomic mass is 10.1. The summed E-state index contributed by atoms with van der Waals surface area (Å²) in [5, 5.41) is 9.45. The lowest BCUT2D eigenvalue weighted by Gasteiger charge is -2.29. The minimum Gasteiger partial charge on any atom is -0.497 e. The number of hydrogen-bond acceptors (Lipinski definition) is 3. The number of nitrogens with zero attached hydrogens (tertiary/aromatic N) is 1. The van der Waals surface area contributed by atoms with Crippen molar-refractivity contribution < 1.29 is 14.6 Å². The lowest BCUT2D eigenvalue weighted by Crippen LogP contribution is -2.40. The number of ether oxygens (including phenoxy) is 1. The zero-order valence-corrected chi connectivity index (χ0v) is 11.3. The van der Waals surface area contributed by atoms with Gasteiger partial charge >= 0.3 is 0 Å². The van der Waals surface area contributed by atoms with E-state index < -0.39 is 0 Å². The van der Waals surface area contributed by atoms with Gasteiger partial charge in [-0.25, -0.2) is 0 Å². The normalized spacial score (nSPS) is 20.2. The molecule has 4 heteroatoms. The summed E-state index contributed by atoms with van der Waals surface area (Å²) in [5.74, 6) is 0.956. The first-order chi connectivity index (χ1) is 9.24. The zero-order chi connectivity index (χ0) is 13.7. The van der Waals surface area contributed by atoms with Gasteiger partial charge in [-0.05, 0) is 30.5 Å². The summed E-state index contributed by atoms with van der Waals surface area (Å²) < 4.78 is 5.12. The number of likely N-dealkylation sites (tertiary alicyclic amines) is 1. The SMILES string of the molecule is COc1ccc(CN2C(=O)CCCC[C@@H]2CO)cc1. The Balaban J connectivity index is 2.10. The number of methoxy groups -OCH3 is 1. The molecule has 1 aliphatic heterocycles. The van der Waals surface area contributed by atoms with Crippen LogP contribution in [0.5, 0.6) is 5.75 Å². The number of benzene rings is 1. The molecule has 1 atom stereocenters. The second-order valence-electron chi connectivity index (χ2n) is 4.95. The van der Waals surface area contributed by atoms with Gasteiger partial charge in [0.1, 0.15) is 5.75 Å². The monoisotopic (exact) mass is 263 g/mol. The fourth-order valence-electron chi connectivity index (χ4n) is 2.49. The van der Waals surface area contributed by atoms with Gasteiger partial charge in [0.15, 0.2) is 0 Å². The van der Waals surface area contributed by atoms with E-state index >= 15 is 0 Å². The predicted molar refractivity (Wildman–Crippen MR) is 72.9 cm³/mol. The van der Waals surface area contributed by atoms with Crippen LogP contribution >= 0.6 is 0 Å². The number of aliphatic hydroxyl groups is 1. The molecule has 1 N–H and O–H groups in total. The fraction of sp³-hybridized carbons (Fsp3) is 0.533. The number of carbonyl (C=O) groups excluding carboxylic acids is 1. The molecule has 0 bridgehead atoms. The van der Waals surface area contributed by atoms with Crippen molar-refractivity contribution >= 4 is 5.91 Å². The second kappa shape index (κ2) is 6.57. The van der Waals surface area contributed by atoms with Crippen molar-refractivity contribution in [1.29, 1.82) is 0 Å². The van der Waals surface area contributed by atoms with Crippen molar-refractivity contribution in [3.63, 3.8) is 0 Å². The molecular weight excluding hydrogens is 242 g/mol. The highest BCUT2D eigenvalue weighted by molar-refractivity contribution is 5.76. The van der Waals surface area contributed by atoms with Crippen LogP contribution in [-0.4, -0.2) is 35.7 Å². The van der Waals surface area contributed by atoms with Gasteiger partial charge in [0.25, 0.3) is 0 Å². The van der Waals surface area contributed by atoms with Crippen molar-refractivity contribution in [2.75, 3.05) is 13.7 Å². The molecule has 1 aromatic carbocycles. The first kappa shape index (κ1) is 13.9. The van der Waals surface area contributed by atoms with Gasteiger partial charge in [0.2, 0.25) is 5.91 Å². The van der Waals surface area contributed by atoms with Gasteiger partial charge in [-0.1, -0.05) is 18.6 Å². The summed E-state index contributed by atoms with van der Waals surface area (Å²) in [5.41, 5.74) is 1.06. The maximum atomic E-state index is 12.1. The molecule has 104 valence electrons. The fourth-order valence-corrected chi connectivity index (χ4v) is 2.49. The molecule has 0 spiro atoms. The standard InChI is InChI=1S/C15H21NO3/c1-19-14-8-6-12(7-9-14)10-16-13(11-17)4-2-3-5-15(16)18/h6-9,13,17H,2-5,10-11H2,1H3/t13-/m1/s1. The van der Waals surface area contributed by atoms with E-state index in [2.05, 4.69) is 0 Å². The molecule has 0 saturated carbocycles. The number of carbonyl (C=O) groups is 1. The third kappa shape index (κ3) is 3.47. The molecule has 4 nitrogen and oxygen atoms in total. The van der Waals surface area contributed by atoms with E-state index in [0.717, 1.165) is 30.6 Å². The first-order valence-electron chi connectivity index (χ1n) is 6.78. The van der Waals surface area contributed by atoms with Crippen molar-refractivity contribution in [2.24, 2.45) is 0 Å². The van der Waals surface area contributed by atoms with E-state index in [1.807, 2.05) is 29.2 Å². The average molecular weight is 263 g/mol. The maximum absolute atomic E-state index is 12.1. The Hall–Kier alpha value is -1.55. The molecule has 19 heavy (non-hydrogen) atoms. The molecule has 1 aromatic rings. The summed E-state index contributed by atoms with van der Waals surface area (Å²) in [6.45, 7) is 0.607. The van der Waals surface area contributed by atoms with E-state index in [0.29, 0.717) is 13.0 Å². The van der Waals surface area contributed by atoms with E-state index in [9.17, 15) is 9.90 Å². The first-order valence-corrected chi connectivity index (χ1v) is 6.78. The molecule has 2 rings (SSSR count). The molecule has 1 fully saturated rings. The zero-order valence-electron chi connectivity index (χ0n) is 11.3. The van der Waals surface area contributed by atoms with Crippen LogP contribution in [0, 0.1) is 0 Å². The van der Waals surface area contributed by atoms with Gasteiger partial charge in [-0.15, -0.1) is 0 Å². The average Bonchev–Trinajstić information content (AvgIpc) is 2.62. The van der Waals surface area contributed by atoms with Gasteiger partial charge < -0.3 is 14.7 Å². The maximum Gasteiger partial charge on any atom is 0.223 e. The highest BCUT2D eigenvalue weighted by Crippen LogP contribution is 2.21. The molecule has 1 amide bonds. The van der Waals surface area contributed by atoms with Crippen molar-refractivity contribution in [2.45, 2.75) is 38.3 Å². The summed E-state index contributed by atoms with van der Waals surface area (Å²) in [7, 11) is 1.63. The number of aliphatic hydroxyl groups excluding tert-OH is 1. The van der Waals surface area contributed by atoms with Crippen molar-refractivity contribution in [1.82, 2.24) is 4.90 Å². The summed E-state index contributed by atoms with van der Waals surface area (Å²) in [6.07, 6.45) is 3.41. The Bertz CT molecular complexity index is 416. The predicted octanol–water partition coefficient (Wildman–Crippen LogP) is 1.96.